The first-order valence-electron chi connectivity index (χ1n) is 6.78. The average Bonchev–Trinajstić information content (AvgIpc) is 2.28. The first-order chi connectivity index (χ1) is 7.38. The Labute approximate surface area is 113 Å². The summed E-state index contributed by atoms with van der Waals surface area (Å²) < 4.78 is 0.430. The third-order valence-electron chi connectivity index (χ3n) is 4.56. The van der Waals surface area contributed by atoms with Crippen LogP contribution in [0.2, 0.25) is 45.1 Å². The fourth-order valence-electron chi connectivity index (χ4n) is 2.73. The van der Waals surface area contributed by atoms with Gasteiger partial charge < -0.3 is 0 Å². The Morgan fingerprint density at radius 2 is 1.59 bits per heavy atom. The predicted octanol–water partition coefficient (Wildman–Crippen LogP) is 6.08. The maximum absolute atomic E-state index is 2.65. The Hall–Kier alpha value is 0.411. The van der Waals surface area contributed by atoms with Crippen molar-refractivity contribution >= 4 is 8.07 Å². The predicted molar refractivity (Wildman–Crippen MR) is 80.6 cm³/mol. The van der Waals surface area contributed by atoms with Crippen molar-refractivity contribution in [3.63, 3.8) is 0 Å². The molecule has 0 radical (unpaired) electrons. The molecule has 0 aromatic heterocycles. The van der Waals surface area contributed by atoms with E-state index in [2.05, 4.69) is 62.2 Å². The molecule has 0 bridgehead atoms. The van der Waals surface area contributed by atoms with Gasteiger partial charge in [-0.15, -0.1) is 0 Å². The van der Waals surface area contributed by atoms with Crippen LogP contribution in [-0.4, -0.2) is 8.07 Å². The van der Waals surface area contributed by atoms with Crippen LogP contribution in [0.15, 0.2) is 22.8 Å². The van der Waals surface area contributed by atoms with Gasteiger partial charge in [0, 0.05) is 0 Å². The molecule has 0 aliphatic heterocycles. The molecule has 0 nitrogen and oxygen atoms in total. The zero-order valence-electron chi connectivity index (χ0n) is 13.3. The van der Waals surface area contributed by atoms with Crippen molar-refractivity contribution in [2.75, 3.05) is 0 Å². The van der Waals surface area contributed by atoms with Crippen LogP contribution in [0.3, 0.4) is 0 Å². The van der Waals surface area contributed by atoms with E-state index in [4.69, 9.17) is 0 Å². The van der Waals surface area contributed by atoms with E-state index in [-0.39, 0.29) is 0 Å². The van der Waals surface area contributed by atoms with Crippen molar-refractivity contribution in [3.05, 3.63) is 22.8 Å². The molecule has 17 heavy (non-hydrogen) atoms. The molecule has 0 N–H and O–H groups in total. The quantitative estimate of drug-likeness (QED) is 0.552. The Balaban J connectivity index is 3.18. The first kappa shape index (κ1) is 15.5. The number of hydrogen-bond acceptors (Lipinski definition) is 0. The standard InChI is InChI=1S/C12H21Si.3CH3.Ti/c1-9-7-12(8-13(4,5)6)11(3)10(9)2;;;;/h7H,8H2,1-6H3;3*1H3;. The molecule has 0 saturated carbocycles. The Kier molecular flexibility index (Phi) is 4.10. The molecule has 1 atom stereocenters. The SMILES string of the molecule is CC1=C(C)[C](C)([Ti]([CH3])([CH3])[CH3])C=C1C[Si](C)(C)C. The fraction of sp³-hybridized carbons (Fsp3) is 0.733. The third kappa shape index (κ3) is 3.05. The number of rotatable bonds is 3. The Morgan fingerprint density at radius 1 is 1.12 bits per heavy atom. The minimum absolute atomic E-state index is 0.430. The monoisotopic (exact) mass is 286 g/mol. The van der Waals surface area contributed by atoms with Crippen LogP contribution in [0.5, 0.6) is 0 Å². The van der Waals surface area contributed by atoms with E-state index in [1.54, 1.807) is 16.7 Å². The minimum atomic E-state index is -1.71. The topological polar surface area (TPSA) is 0 Å². The van der Waals surface area contributed by atoms with Gasteiger partial charge in [-0.1, -0.05) is 0 Å². The summed E-state index contributed by atoms with van der Waals surface area (Å²) in [5.41, 5.74) is 4.94. The second-order valence-electron chi connectivity index (χ2n) is 8.11. The van der Waals surface area contributed by atoms with Crippen molar-refractivity contribution in [1.29, 1.82) is 0 Å². The molecule has 1 unspecified atom stereocenters. The van der Waals surface area contributed by atoms with Gasteiger partial charge in [0.15, 0.2) is 0 Å². The van der Waals surface area contributed by atoms with Crippen LogP contribution >= 0.6 is 0 Å². The molecule has 0 aromatic rings. The van der Waals surface area contributed by atoms with E-state index < -0.39 is 24.7 Å². The van der Waals surface area contributed by atoms with Gasteiger partial charge in [-0.05, 0) is 0 Å². The van der Waals surface area contributed by atoms with Gasteiger partial charge >= 0.3 is 113 Å². The van der Waals surface area contributed by atoms with Gasteiger partial charge in [-0.3, -0.25) is 0 Å². The first-order valence-corrected chi connectivity index (χ1v) is 16.0. The van der Waals surface area contributed by atoms with Crippen LogP contribution in [0.1, 0.15) is 20.8 Å². The van der Waals surface area contributed by atoms with Crippen LogP contribution < -0.4 is 0 Å². The summed E-state index contributed by atoms with van der Waals surface area (Å²) in [6.07, 6.45) is 2.65. The second kappa shape index (κ2) is 4.51. The Morgan fingerprint density at radius 3 is 1.88 bits per heavy atom. The van der Waals surface area contributed by atoms with Crippen molar-refractivity contribution in [2.24, 2.45) is 0 Å². The zero-order valence-corrected chi connectivity index (χ0v) is 15.8. The van der Waals surface area contributed by atoms with Gasteiger partial charge in [0.25, 0.3) is 0 Å². The summed E-state index contributed by atoms with van der Waals surface area (Å²) >= 11 is -1.71. The molecular formula is C15H30SiTi. The van der Waals surface area contributed by atoms with Crippen LogP contribution in [-0.2, 0) is 16.6 Å². The van der Waals surface area contributed by atoms with Crippen molar-refractivity contribution in [3.8, 4) is 0 Å². The summed E-state index contributed by atoms with van der Waals surface area (Å²) in [5.74, 6) is 0. The molecular weight excluding hydrogens is 256 g/mol. The van der Waals surface area contributed by atoms with Crippen LogP contribution in [0.25, 0.3) is 0 Å². The van der Waals surface area contributed by atoms with Crippen molar-refractivity contribution in [1.82, 2.24) is 0 Å². The van der Waals surface area contributed by atoms with E-state index in [0.29, 0.717) is 3.72 Å². The molecule has 1 aliphatic carbocycles. The molecule has 1 rings (SSSR count). The van der Waals surface area contributed by atoms with E-state index >= 15 is 0 Å². The number of hydrogen-bond donors (Lipinski definition) is 0. The van der Waals surface area contributed by atoms with Crippen molar-refractivity contribution in [2.45, 2.75) is 65.9 Å². The molecule has 98 valence electrons. The fourth-order valence-corrected chi connectivity index (χ4v) is 7.24. The molecule has 0 heterocycles. The summed E-state index contributed by atoms with van der Waals surface area (Å²) in [4.78, 5) is 0. The number of allylic oxidation sites excluding steroid dienone is 4. The van der Waals surface area contributed by atoms with Crippen molar-refractivity contribution < 1.29 is 16.6 Å². The molecule has 1 aliphatic rings. The second-order valence-corrected chi connectivity index (χ2v) is 22.2. The van der Waals surface area contributed by atoms with Gasteiger partial charge in [0.2, 0.25) is 0 Å². The van der Waals surface area contributed by atoms with Gasteiger partial charge in [0.05, 0.1) is 0 Å². The normalized spacial score (nSPS) is 26.5. The molecule has 0 fully saturated rings. The Bertz CT molecular complexity index is 377. The van der Waals surface area contributed by atoms with Crippen LogP contribution in [0, 0.1) is 0 Å². The maximum atomic E-state index is 2.65. The molecule has 0 amide bonds. The molecule has 2 heteroatoms. The molecule has 0 saturated heterocycles. The van der Waals surface area contributed by atoms with E-state index in [1.807, 2.05) is 0 Å². The van der Waals surface area contributed by atoms with Gasteiger partial charge in [-0.25, -0.2) is 0 Å². The van der Waals surface area contributed by atoms with E-state index in [1.165, 1.54) is 6.04 Å². The van der Waals surface area contributed by atoms with Gasteiger partial charge in [0.1, 0.15) is 0 Å². The summed E-state index contributed by atoms with van der Waals surface area (Å²) in [6.45, 7) is 14.6. The average molecular weight is 286 g/mol. The zero-order chi connectivity index (χ0) is 13.6. The molecule has 0 aromatic carbocycles. The third-order valence-corrected chi connectivity index (χ3v) is 11.7. The molecule has 0 spiro atoms. The summed E-state index contributed by atoms with van der Waals surface area (Å²) in [7, 11) is -0.997. The van der Waals surface area contributed by atoms with Crippen LogP contribution in [0.4, 0.5) is 0 Å². The van der Waals surface area contributed by atoms with E-state index in [0.717, 1.165) is 0 Å². The van der Waals surface area contributed by atoms with E-state index in [9.17, 15) is 0 Å². The van der Waals surface area contributed by atoms with Gasteiger partial charge in [-0.2, -0.15) is 0 Å². The summed E-state index contributed by atoms with van der Waals surface area (Å²) in [6, 6.07) is 1.35. The summed E-state index contributed by atoms with van der Waals surface area (Å²) in [5, 5.41) is 7.64.